The zero-order chi connectivity index (χ0) is 14.7. The second-order valence-corrected chi connectivity index (χ2v) is 5.37. The van der Waals surface area contributed by atoms with Crippen LogP contribution in [0.15, 0.2) is 18.2 Å². The summed E-state index contributed by atoms with van der Waals surface area (Å²) in [4.78, 5) is 16.7. The van der Waals surface area contributed by atoms with E-state index in [9.17, 15) is 4.79 Å². The number of likely N-dealkylation sites (tertiary alicyclic amines) is 1. The van der Waals surface area contributed by atoms with Gasteiger partial charge in [-0.25, -0.2) is 0 Å². The molecule has 0 atom stereocenters. The Morgan fingerprint density at radius 3 is 2.65 bits per heavy atom. The number of rotatable bonds is 3. The Balaban J connectivity index is 2.14. The number of carbonyl (C=O) groups excluding carboxylic acids is 1. The van der Waals surface area contributed by atoms with Gasteiger partial charge in [0.15, 0.2) is 0 Å². The van der Waals surface area contributed by atoms with Gasteiger partial charge >= 0.3 is 0 Å². The number of ether oxygens (including phenoxy) is 1. The van der Waals surface area contributed by atoms with Gasteiger partial charge in [-0.3, -0.25) is 4.79 Å². The van der Waals surface area contributed by atoms with Crippen LogP contribution in [0.25, 0.3) is 0 Å². The van der Waals surface area contributed by atoms with Gasteiger partial charge in [0.25, 0.3) is 5.91 Å². The molecule has 1 aliphatic rings. The van der Waals surface area contributed by atoms with Crippen LogP contribution in [0.5, 0.6) is 5.75 Å². The average Bonchev–Trinajstić information content (AvgIpc) is 2.47. The molecule has 0 radical (unpaired) electrons. The zero-order valence-corrected chi connectivity index (χ0v) is 12.4. The number of amides is 1. The Kier molecular flexibility index (Phi) is 4.49. The van der Waals surface area contributed by atoms with Crippen molar-refractivity contribution in [2.75, 3.05) is 40.0 Å². The predicted octanol–water partition coefficient (Wildman–Crippen LogP) is 1.44. The van der Waals surface area contributed by atoms with Crippen molar-refractivity contribution in [3.63, 3.8) is 0 Å². The summed E-state index contributed by atoms with van der Waals surface area (Å²) in [6.07, 6.45) is 2.01. The number of methoxy groups -OCH3 is 1. The highest BCUT2D eigenvalue weighted by Crippen LogP contribution is 2.27. The maximum absolute atomic E-state index is 12.6. The van der Waals surface area contributed by atoms with Gasteiger partial charge < -0.3 is 20.3 Å². The Morgan fingerprint density at radius 1 is 1.40 bits per heavy atom. The van der Waals surface area contributed by atoms with E-state index < -0.39 is 0 Å². The fourth-order valence-corrected chi connectivity index (χ4v) is 2.65. The molecule has 2 rings (SSSR count). The first-order valence-corrected chi connectivity index (χ1v) is 6.92. The summed E-state index contributed by atoms with van der Waals surface area (Å²) < 4.78 is 5.17. The summed E-state index contributed by atoms with van der Waals surface area (Å²) >= 11 is 0. The smallest absolute Gasteiger partial charge is 0.256 e. The van der Waals surface area contributed by atoms with Crippen molar-refractivity contribution in [1.29, 1.82) is 0 Å². The minimum Gasteiger partial charge on any atom is -0.495 e. The zero-order valence-electron chi connectivity index (χ0n) is 12.4. The van der Waals surface area contributed by atoms with Gasteiger partial charge in [-0.2, -0.15) is 0 Å². The number of hydrogen-bond acceptors (Lipinski definition) is 4. The van der Waals surface area contributed by atoms with E-state index in [4.69, 9.17) is 10.5 Å². The second kappa shape index (κ2) is 6.13. The molecule has 0 aliphatic carbocycles. The first-order valence-electron chi connectivity index (χ1n) is 6.92. The minimum absolute atomic E-state index is 0.0315. The van der Waals surface area contributed by atoms with Gasteiger partial charge in [0, 0.05) is 13.1 Å². The van der Waals surface area contributed by atoms with Gasteiger partial charge in [0.1, 0.15) is 5.75 Å². The number of piperidine rings is 1. The molecule has 1 fully saturated rings. The quantitative estimate of drug-likeness (QED) is 0.849. The van der Waals surface area contributed by atoms with Crippen LogP contribution in [-0.2, 0) is 0 Å². The molecule has 1 saturated heterocycles. The summed E-state index contributed by atoms with van der Waals surface area (Å²) in [7, 11) is 5.52. The van der Waals surface area contributed by atoms with Crippen LogP contribution in [-0.4, -0.2) is 56.0 Å². The predicted molar refractivity (Wildman–Crippen MR) is 80.0 cm³/mol. The van der Waals surface area contributed by atoms with Crippen molar-refractivity contribution in [1.82, 2.24) is 9.80 Å². The molecule has 5 heteroatoms. The summed E-state index contributed by atoms with van der Waals surface area (Å²) in [5.41, 5.74) is 6.94. The summed E-state index contributed by atoms with van der Waals surface area (Å²) in [5, 5.41) is 0. The van der Waals surface area contributed by atoms with Gasteiger partial charge in [0.05, 0.1) is 18.4 Å². The molecule has 5 nitrogen and oxygen atoms in total. The number of nitrogens with zero attached hydrogens (tertiary/aromatic N) is 2. The molecule has 0 aromatic heterocycles. The normalized spacial score (nSPS) is 16.9. The third kappa shape index (κ3) is 2.88. The van der Waals surface area contributed by atoms with Crippen molar-refractivity contribution in [3.05, 3.63) is 23.8 Å². The molecule has 1 aromatic rings. The molecule has 1 aromatic carbocycles. The van der Waals surface area contributed by atoms with Crippen LogP contribution in [0.3, 0.4) is 0 Å². The maximum Gasteiger partial charge on any atom is 0.256 e. The highest BCUT2D eigenvalue weighted by molar-refractivity contribution is 6.00. The van der Waals surface area contributed by atoms with Crippen LogP contribution in [0.1, 0.15) is 23.2 Å². The Hall–Kier alpha value is -1.75. The van der Waals surface area contributed by atoms with Gasteiger partial charge in [-0.15, -0.1) is 0 Å². The maximum atomic E-state index is 12.6. The molecule has 1 heterocycles. The van der Waals surface area contributed by atoms with E-state index >= 15 is 0 Å². The molecule has 2 N–H and O–H groups in total. The highest BCUT2D eigenvalue weighted by atomic mass is 16.5. The number of nitrogen functional groups attached to an aromatic ring is 1. The molecule has 110 valence electrons. The van der Waals surface area contributed by atoms with Crippen molar-refractivity contribution < 1.29 is 9.53 Å². The highest BCUT2D eigenvalue weighted by Gasteiger charge is 2.26. The lowest BCUT2D eigenvalue weighted by atomic mass is 10.0. The fourth-order valence-electron chi connectivity index (χ4n) is 2.65. The lowest BCUT2D eigenvalue weighted by Gasteiger charge is -2.35. The van der Waals surface area contributed by atoms with Gasteiger partial charge in [0.2, 0.25) is 0 Å². The fraction of sp³-hybridized carbons (Fsp3) is 0.533. The van der Waals surface area contributed by atoms with E-state index in [0.717, 1.165) is 25.9 Å². The monoisotopic (exact) mass is 277 g/mol. The lowest BCUT2D eigenvalue weighted by Crippen LogP contribution is -2.44. The first-order chi connectivity index (χ1) is 9.54. The molecular formula is C15H23N3O2. The lowest BCUT2D eigenvalue weighted by molar-refractivity contribution is 0.0660. The van der Waals surface area contributed by atoms with Gasteiger partial charge in [-0.1, -0.05) is 6.07 Å². The van der Waals surface area contributed by atoms with Crippen molar-refractivity contribution in [3.8, 4) is 5.75 Å². The number of benzene rings is 1. The van der Waals surface area contributed by atoms with Crippen LogP contribution in [0, 0.1) is 0 Å². The minimum atomic E-state index is -0.0315. The molecule has 0 unspecified atom stereocenters. The molecule has 0 bridgehead atoms. The summed E-state index contributed by atoms with van der Waals surface area (Å²) in [5.74, 6) is 0.517. The number of anilines is 1. The molecule has 1 amide bonds. The third-order valence-electron chi connectivity index (χ3n) is 4.07. The van der Waals surface area contributed by atoms with E-state index in [1.807, 2.05) is 11.9 Å². The molecule has 20 heavy (non-hydrogen) atoms. The Morgan fingerprint density at radius 2 is 2.05 bits per heavy atom. The largest absolute Gasteiger partial charge is 0.495 e. The number of nitrogens with two attached hydrogens (primary N) is 1. The van der Waals surface area contributed by atoms with E-state index in [1.165, 1.54) is 0 Å². The molecule has 0 saturated carbocycles. The summed E-state index contributed by atoms with van der Waals surface area (Å²) in [6, 6.07) is 5.60. The standard InChI is InChI=1S/C15H23N3O2/c1-17-9-7-11(8-10-17)18(2)15(19)12-5-4-6-13(20-3)14(12)16/h4-6,11H,7-10,16H2,1-3H3. The Labute approximate surface area is 120 Å². The van der Waals surface area contributed by atoms with Crippen molar-refractivity contribution in [2.24, 2.45) is 0 Å². The van der Waals surface area contributed by atoms with Crippen LogP contribution < -0.4 is 10.5 Å². The topological polar surface area (TPSA) is 58.8 Å². The number of hydrogen-bond donors (Lipinski definition) is 1. The molecule has 0 spiro atoms. The number of carbonyl (C=O) groups is 1. The van der Waals surface area contributed by atoms with Gasteiger partial charge in [-0.05, 0) is 45.1 Å². The van der Waals surface area contributed by atoms with Crippen molar-refractivity contribution >= 4 is 11.6 Å². The van der Waals surface area contributed by atoms with Crippen LogP contribution in [0.2, 0.25) is 0 Å². The Bertz CT molecular complexity index is 482. The SMILES string of the molecule is COc1cccc(C(=O)N(C)C2CCN(C)CC2)c1N. The summed E-state index contributed by atoms with van der Waals surface area (Å²) in [6.45, 7) is 2.05. The number of para-hydroxylation sites is 1. The molecular weight excluding hydrogens is 254 g/mol. The van der Waals surface area contributed by atoms with E-state index in [1.54, 1.807) is 25.3 Å². The van der Waals surface area contributed by atoms with E-state index in [2.05, 4.69) is 11.9 Å². The first kappa shape index (κ1) is 14.7. The third-order valence-corrected chi connectivity index (χ3v) is 4.07. The van der Waals surface area contributed by atoms with E-state index in [-0.39, 0.29) is 11.9 Å². The van der Waals surface area contributed by atoms with Crippen molar-refractivity contribution in [2.45, 2.75) is 18.9 Å². The second-order valence-electron chi connectivity index (χ2n) is 5.37. The van der Waals surface area contributed by atoms with E-state index in [0.29, 0.717) is 17.0 Å². The van der Waals surface area contributed by atoms with Crippen LogP contribution in [0.4, 0.5) is 5.69 Å². The van der Waals surface area contributed by atoms with Crippen LogP contribution >= 0.6 is 0 Å². The average molecular weight is 277 g/mol. The molecule has 1 aliphatic heterocycles.